The Kier molecular flexibility index (Phi) is 3.45. The van der Waals surface area contributed by atoms with E-state index in [0.29, 0.717) is 13.2 Å². The summed E-state index contributed by atoms with van der Waals surface area (Å²) in [6.45, 7) is 1.25. The van der Waals surface area contributed by atoms with Crippen molar-refractivity contribution in [3.05, 3.63) is 35.4 Å². The number of carbonyl (C=O) groups is 1. The molecular formula is C13H16O4. The Labute approximate surface area is 99.8 Å². The number of carboxylic acids is 1. The second kappa shape index (κ2) is 4.85. The second-order valence-electron chi connectivity index (χ2n) is 4.44. The molecule has 0 amide bonds. The number of aliphatic hydroxyl groups is 1. The molecule has 1 fully saturated rings. The third kappa shape index (κ3) is 2.33. The molecule has 2 rings (SSSR count). The Morgan fingerprint density at radius 3 is 2.65 bits per heavy atom. The van der Waals surface area contributed by atoms with Gasteiger partial charge in [-0.1, -0.05) is 12.1 Å². The fourth-order valence-electron chi connectivity index (χ4n) is 2.28. The first-order chi connectivity index (χ1) is 8.18. The van der Waals surface area contributed by atoms with Gasteiger partial charge in [-0.2, -0.15) is 0 Å². The molecule has 1 aliphatic heterocycles. The number of benzene rings is 1. The fourth-order valence-corrected chi connectivity index (χ4v) is 2.28. The zero-order chi connectivity index (χ0) is 12.3. The number of carboxylic acid groups (broad SMARTS) is 1. The molecule has 0 bridgehead atoms. The molecular weight excluding hydrogens is 220 g/mol. The average Bonchev–Trinajstić information content (AvgIpc) is 2.39. The van der Waals surface area contributed by atoms with Gasteiger partial charge in [0.2, 0.25) is 0 Å². The summed E-state index contributed by atoms with van der Waals surface area (Å²) in [5.41, 5.74) is 0.814. The number of aromatic carboxylic acids is 1. The standard InChI is InChI=1S/C13H16O4/c14-9-13(4-6-17-7-5-13)11-3-1-2-10(8-11)12(15)16/h1-3,8,14H,4-7,9H2,(H,15,16). The van der Waals surface area contributed by atoms with Crippen LogP contribution < -0.4 is 0 Å². The summed E-state index contributed by atoms with van der Waals surface area (Å²) in [6, 6.07) is 6.83. The van der Waals surface area contributed by atoms with Crippen molar-refractivity contribution in [2.45, 2.75) is 18.3 Å². The lowest BCUT2D eigenvalue weighted by molar-refractivity contribution is 0.0252. The van der Waals surface area contributed by atoms with Gasteiger partial charge < -0.3 is 14.9 Å². The van der Waals surface area contributed by atoms with E-state index >= 15 is 0 Å². The van der Waals surface area contributed by atoms with Gasteiger partial charge in [-0.15, -0.1) is 0 Å². The molecule has 0 atom stereocenters. The highest BCUT2D eigenvalue weighted by molar-refractivity contribution is 5.87. The maximum absolute atomic E-state index is 10.9. The summed E-state index contributed by atoms with van der Waals surface area (Å²) in [5, 5.41) is 18.6. The monoisotopic (exact) mass is 236 g/mol. The zero-order valence-corrected chi connectivity index (χ0v) is 9.56. The zero-order valence-electron chi connectivity index (χ0n) is 9.56. The second-order valence-corrected chi connectivity index (χ2v) is 4.44. The average molecular weight is 236 g/mol. The van der Waals surface area contributed by atoms with E-state index in [1.54, 1.807) is 18.2 Å². The van der Waals surface area contributed by atoms with Crippen molar-refractivity contribution in [3.63, 3.8) is 0 Å². The van der Waals surface area contributed by atoms with Crippen molar-refractivity contribution in [1.82, 2.24) is 0 Å². The van der Waals surface area contributed by atoms with Crippen molar-refractivity contribution in [2.24, 2.45) is 0 Å². The Morgan fingerprint density at radius 1 is 1.35 bits per heavy atom. The van der Waals surface area contributed by atoms with Crippen LogP contribution in [-0.4, -0.2) is 36.0 Å². The van der Waals surface area contributed by atoms with Crippen molar-refractivity contribution < 1.29 is 19.7 Å². The molecule has 4 nitrogen and oxygen atoms in total. The number of aliphatic hydroxyl groups excluding tert-OH is 1. The van der Waals surface area contributed by atoms with Crippen LogP contribution in [0.1, 0.15) is 28.8 Å². The van der Waals surface area contributed by atoms with Crippen LogP contribution in [0.3, 0.4) is 0 Å². The minimum Gasteiger partial charge on any atom is -0.478 e. The predicted octanol–water partition coefficient (Wildman–Crippen LogP) is 1.43. The van der Waals surface area contributed by atoms with Crippen LogP contribution >= 0.6 is 0 Å². The molecule has 1 aliphatic rings. The predicted molar refractivity (Wildman–Crippen MR) is 62.2 cm³/mol. The van der Waals surface area contributed by atoms with Gasteiger partial charge in [-0.25, -0.2) is 4.79 Å². The third-order valence-corrected chi connectivity index (χ3v) is 3.47. The molecule has 0 saturated carbocycles. The number of hydrogen-bond acceptors (Lipinski definition) is 3. The minimum absolute atomic E-state index is 0.0272. The van der Waals surface area contributed by atoms with Crippen LogP contribution in [0.5, 0.6) is 0 Å². The molecule has 0 radical (unpaired) electrons. The van der Waals surface area contributed by atoms with E-state index in [9.17, 15) is 9.90 Å². The molecule has 17 heavy (non-hydrogen) atoms. The molecule has 1 saturated heterocycles. The molecule has 92 valence electrons. The quantitative estimate of drug-likeness (QED) is 0.833. The molecule has 2 N–H and O–H groups in total. The van der Waals surface area contributed by atoms with E-state index in [1.165, 1.54) is 0 Å². The highest BCUT2D eigenvalue weighted by Crippen LogP contribution is 2.34. The summed E-state index contributed by atoms with van der Waals surface area (Å²) < 4.78 is 5.30. The topological polar surface area (TPSA) is 66.8 Å². The van der Waals surface area contributed by atoms with Crippen LogP contribution in [0.15, 0.2) is 24.3 Å². The third-order valence-electron chi connectivity index (χ3n) is 3.47. The molecule has 0 aliphatic carbocycles. The lowest BCUT2D eigenvalue weighted by atomic mass is 9.74. The molecule has 1 aromatic rings. The minimum atomic E-state index is -0.938. The van der Waals surface area contributed by atoms with E-state index in [-0.39, 0.29) is 17.6 Å². The van der Waals surface area contributed by atoms with Gasteiger partial charge in [0.1, 0.15) is 0 Å². The van der Waals surface area contributed by atoms with Crippen LogP contribution in [0.2, 0.25) is 0 Å². The van der Waals surface area contributed by atoms with Gasteiger partial charge in [-0.05, 0) is 30.5 Å². The highest BCUT2D eigenvalue weighted by Gasteiger charge is 2.34. The summed E-state index contributed by atoms with van der Waals surface area (Å²) in [5.74, 6) is -0.938. The maximum Gasteiger partial charge on any atom is 0.335 e. The molecule has 0 spiro atoms. The summed E-state index contributed by atoms with van der Waals surface area (Å²) in [6.07, 6.45) is 1.46. The summed E-state index contributed by atoms with van der Waals surface area (Å²) in [7, 11) is 0. The highest BCUT2D eigenvalue weighted by atomic mass is 16.5. The van der Waals surface area contributed by atoms with E-state index in [0.717, 1.165) is 18.4 Å². The number of ether oxygens (including phenoxy) is 1. The van der Waals surface area contributed by atoms with Gasteiger partial charge >= 0.3 is 5.97 Å². The molecule has 1 heterocycles. The normalized spacial score (nSPS) is 18.9. The van der Waals surface area contributed by atoms with Crippen LogP contribution in [0.25, 0.3) is 0 Å². The molecule has 0 unspecified atom stereocenters. The number of rotatable bonds is 3. The van der Waals surface area contributed by atoms with E-state index in [4.69, 9.17) is 9.84 Å². The van der Waals surface area contributed by atoms with Gasteiger partial charge in [-0.3, -0.25) is 0 Å². The van der Waals surface area contributed by atoms with Crippen molar-refractivity contribution in [2.75, 3.05) is 19.8 Å². The summed E-state index contributed by atoms with van der Waals surface area (Å²) in [4.78, 5) is 10.9. The first-order valence-electron chi connectivity index (χ1n) is 5.70. The van der Waals surface area contributed by atoms with Crippen LogP contribution in [0.4, 0.5) is 0 Å². The lowest BCUT2D eigenvalue weighted by Gasteiger charge is -2.36. The number of hydrogen-bond donors (Lipinski definition) is 2. The van der Waals surface area contributed by atoms with Crippen LogP contribution in [-0.2, 0) is 10.2 Å². The first kappa shape index (κ1) is 12.1. The Bertz CT molecular complexity index is 408. The van der Waals surface area contributed by atoms with Crippen LogP contribution in [0, 0.1) is 0 Å². The molecule has 0 aromatic heterocycles. The largest absolute Gasteiger partial charge is 0.478 e. The van der Waals surface area contributed by atoms with Crippen molar-refractivity contribution in [3.8, 4) is 0 Å². The Hall–Kier alpha value is -1.39. The Balaban J connectivity index is 2.36. The van der Waals surface area contributed by atoms with Gasteiger partial charge in [0.25, 0.3) is 0 Å². The smallest absolute Gasteiger partial charge is 0.335 e. The first-order valence-corrected chi connectivity index (χ1v) is 5.70. The van der Waals surface area contributed by atoms with E-state index < -0.39 is 5.97 Å². The van der Waals surface area contributed by atoms with Gasteiger partial charge in [0, 0.05) is 18.6 Å². The molecule has 1 aromatic carbocycles. The Morgan fingerprint density at radius 2 is 2.06 bits per heavy atom. The van der Waals surface area contributed by atoms with E-state index in [1.807, 2.05) is 6.07 Å². The maximum atomic E-state index is 10.9. The van der Waals surface area contributed by atoms with E-state index in [2.05, 4.69) is 0 Å². The van der Waals surface area contributed by atoms with Crippen molar-refractivity contribution >= 4 is 5.97 Å². The fraction of sp³-hybridized carbons (Fsp3) is 0.462. The lowest BCUT2D eigenvalue weighted by Crippen LogP contribution is -2.37. The molecule has 4 heteroatoms. The SMILES string of the molecule is O=C(O)c1cccc(C2(CO)CCOCC2)c1. The van der Waals surface area contributed by atoms with Gasteiger partial charge in [0.05, 0.1) is 12.2 Å². The van der Waals surface area contributed by atoms with Crippen molar-refractivity contribution in [1.29, 1.82) is 0 Å². The van der Waals surface area contributed by atoms with Gasteiger partial charge in [0.15, 0.2) is 0 Å². The summed E-state index contributed by atoms with van der Waals surface area (Å²) >= 11 is 0.